The molecule has 0 aliphatic rings. The number of carbonyl (C=O) groups is 1. The topological polar surface area (TPSA) is 46.5 Å². The maximum atomic E-state index is 11.4. The minimum atomic E-state index is -0.453. The minimum Gasteiger partial charge on any atom is -0.465 e. The van der Waals surface area contributed by atoms with Crippen LogP contribution in [0.5, 0.6) is 0 Å². The summed E-state index contributed by atoms with van der Waals surface area (Å²) in [5.74, 6) is 5.62. The molecule has 3 nitrogen and oxygen atoms in total. The second-order valence-electron chi connectivity index (χ2n) is 5.09. The Bertz CT molecular complexity index is 278. The summed E-state index contributed by atoms with van der Waals surface area (Å²) >= 11 is 0. The van der Waals surface area contributed by atoms with Gasteiger partial charge in [0.1, 0.15) is 0 Å². The molecule has 0 aliphatic carbocycles. The second-order valence-corrected chi connectivity index (χ2v) is 5.09. The van der Waals surface area contributed by atoms with Crippen LogP contribution in [0.2, 0.25) is 0 Å². The summed E-state index contributed by atoms with van der Waals surface area (Å²) in [5.41, 5.74) is -0.453. The van der Waals surface area contributed by atoms with E-state index in [2.05, 4.69) is 11.8 Å². The van der Waals surface area contributed by atoms with Crippen molar-refractivity contribution in [3.63, 3.8) is 0 Å². The van der Waals surface area contributed by atoms with Crippen LogP contribution < -0.4 is 0 Å². The summed E-state index contributed by atoms with van der Waals surface area (Å²) < 4.78 is 5.10. The Morgan fingerprint density at radius 1 is 1.35 bits per heavy atom. The molecule has 0 saturated heterocycles. The molecule has 0 rings (SSSR count). The van der Waals surface area contributed by atoms with Crippen molar-refractivity contribution in [2.45, 2.75) is 59.5 Å². The van der Waals surface area contributed by atoms with Gasteiger partial charge in [0.15, 0.2) is 0 Å². The molecule has 17 heavy (non-hydrogen) atoms. The van der Waals surface area contributed by atoms with Gasteiger partial charge in [-0.1, -0.05) is 6.92 Å². The Labute approximate surface area is 105 Å². The fourth-order valence-electron chi connectivity index (χ4n) is 1.12. The average molecular weight is 240 g/mol. The van der Waals surface area contributed by atoms with Gasteiger partial charge in [0.25, 0.3) is 0 Å². The number of aliphatic hydroxyl groups is 1. The van der Waals surface area contributed by atoms with Crippen LogP contribution in [0.4, 0.5) is 0 Å². The molecule has 0 amide bonds. The highest BCUT2D eigenvalue weighted by molar-refractivity contribution is 5.75. The van der Waals surface area contributed by atoms with Crippen molar-refractivity contribution < 1.29 is 14.6 Å². The zero-order valence-corrected chi connectivity index (χ0v) is 11.4. The van der Waals surface area contributed by atoms with Crippen LogP contribution in [0.1, 0.15) is 53.4 Å². The van der Waals surface area contributed by atoms with Crippen molar-refractivity contribution in [1.82, 2.24) is 0 Å². The first-order chi connectivity index (χ1) is 7.88. The molecule has 0 unspecified atom stereocenters. The van der Waals surface area contributed by atoms with Gasteiger partial charge in [0.05, 0.1) is 18.1 Å². The molecule has 0 bridgehead atoms. The van der Waals surface area contributed by atoms with Crippen molar-refractivity contribution in [2.75, 3.05) is 6.61 Å². The van der Waals surface area contributed by atoms with Gasteiger partial charge in [-0.25, -0.2) is 0 Å². The largest absolute Gasteiger partial charge is 0.465 e. The third kappa shape index (κ3) is 8.76. The van der Waals surface area contributed by atoms with Crippen LogP contribution >= 0.6 is 0 Å². The quantitative estimate of drug-likeness (QED) is 0.456. The Morgan fingerprint density at radius 3 is 2.53 bits per heavy atom. The summed E-state index contributed by atoms with van der Waals surface area (Å²) in [6.45, 7) is 7.82. The Morgan fingerprint density at radius 2 is 2.00 bits per heavy atom. The van der Waals surface area contributed by atoms with E-state index >= 15 is 0 Å². The molecule has 3 heteroatoms. The highest BCUT2D eigenvalue weighted by Crippen LogP contribution is 2.15. The Kier molecular flexibility index (Phi) is 7.65. The smallest absolute Gasteiger partial charge is 0.311 e. The van der Waals surface area contributed by atoms with Crippen LogP contribution in [0, 0.1) is 17.3 Å². The van der Waals surface area contributed by atoms with E-state index in [1.54, 1.807) is 0 Å². The average Bonchev–Trinajstić information content (AvgIpc) is 2.23. The van der Waals surface area contributed by atoms with Crippen molar-refractivity contribution in [2.24, 2.45) is 5.41 Å². The van der Waals surface area contributed by atoms with E-state index in [-0.39, 0.29) is 5.97 Å². The van der Waals surface area contributed by atoms with Gasteiger partial charge >= 0.3 is 5.97 Å². The van der Waals surface area contributed by atoms with E-state index in [4.69, 9.17) is 4.74 Å². The zero-order chi connectivity index (χ0) is 13.3. The van der Waals surface area contributed by atoms with Gasteiger partial charge in [-0.05, 0) is 33.6 Å². The van der Waals surface area contributed by atoms with Gasteiger partial charge in [-0.3, -0.25) is 4.79 Å². The van der Waals surface area contributed by atoms with Gasteiger partial charge in [0, 0.05) is 12.8 Å². The molecule has 1 atom stereocenters. The minimum absolute atomic E-state index is 0.197. The highest BCUT2D eigenvalue weighted by Gasteiger charge is 2.22. The van der Waals surface area contributed by atoms with Crippen LogP contribution in [0.25, 0.3) is 0 Å². The third-order valence-corrected chi connectivity index (χ3v) is 2.17. The summed E-state index contributed by atoms with van der Waals surface area (Å²) in [4.78, 5) is 11.4. The lowest BCUT2D eigenvalue weighted by molar-refractivity contribution is -0.153. The molecular weight excluding hydrogens is 216 g/mol. The summed E-state index contributed by atoms with van der Waals surface area (Å²) in [6.07, 6.45) is 2.20. The number of carbonyl (C=O) groups excluding carboxylic acids is 1. The zero-order valence-electron chi connectivity index (χ0n) is 11.4. The number of ether oxygens (including phenoxy) is 1. The number of aliphatic hydroxyl groups excluding tert-OH is 1. The van der Waals surface area contributed by atoms with Crippen LogP contribution in [-0.2, 0) is 9.53 Å². The Hall–Kier alpha value is -1.01. The van der Waals surface area contributed by atoms with Crippen LogP contribution in [0.15, 0.2) is 0 Å². The number of esters is 1. The van der Waals surface area contributed by atoms with E-state index in [9.17, 15) is 9.90 Å². The molecule has 1 N–H and O–H groups in total. The van der Waals surface area contributed by atoms with Crippen molar-refractivity contribution in [1.29, 1.82) is 0 Å². The highest BCUT2D eigenvalue weighted by atomic mass is 16.5. The van der Waals surface area contributed by atoms with E-state index in [0.29, 0.717) is 25.9 Å². The maximum Gasteiger partial charge on any atom is 0.311 e. The van der Waals surface area contributed by atoms with E-state index in [0.717, 1.165) is 6.42 Å². The molecule has 0 aromatic heterocycles. The molecule has 0 aromatic rings. The standard InChI is InChI=1S/C14H24O3/c1-5-6-7-9-12(15)10-8-11-17-13(16)14(2,3)4/h12,15H,5,8-11H2,1-4H3/t12-/m1/s1. The van der Waals surface area contributed by atoms with Crippen LogP contribution in [-0.4, -0.2) is 23.8 Å². The SMILES string of the molecule is CCC#CC[C@@H](O)CCCOC(=O)C(C)(C)C. The molecule has 0 aliphatic heterocycles. The Balaban J connectivity index is 3.61. The van der Waals surface area contributed by atoms with Gasteiger partial charge < -0.3 is 9.84 Å². The van der Waals surface area contributed by atoms with E-state index < -0.39 is 11.5 Å². The monoisotopic (exact) mass is 240 g/mol. The lowest BCUT2D eigenvalue weighted by atomic mass is 9.97. The number of hydrogen-bond donors (Lipinski definition) is 1. The number of rotatable bonds is 5. The molecule has 0 fully saturated rings. The molecule has 0 saturated carbocycles. The summed E-state index contributed by atoms with van der Waals surface area (Å²) in [7, 11) is 0. The molecule has 0 spiro atoms. The molecular formula is C14H24O3. The summed E-state index contributed by atoms with van der Waals surface area (Å²) in [5, 5.41) is 9.56. The first kappa shape index (κ1) is 16.0. The van der Waals surface area contributed by atoms with Gasteiger partial charge in [-0.2, -0.15) is 0 Å². The second kappa shape index (κ2) is 8.14. The summed E-state index contributed by atoms with van der Waals surface area (Å²) in [6, 6.07) is 0. The fourth-order valence-corrected chi connectivity index (χ4v) is 1.12. The predicted octanol–water partition coefficient (Wildman–Crippen LogP) is 2.52. The molecule has 0 heterocycles. The fraction of sp³-hybridized carbons (Fsp3) is 0.786. The maximum absolute atomic E-state index is 11.4. The van der Waals surface area contributed by atoms with Gasteiger partial charge in [-0.15, -0.1) is 11.8 Å². The normalized spacial score (nSPS) is 12.5. The van der Waals surface area contributed by atoms with Crippen molar-refractivity contribution in [3.05, 3.63) is 0 Å². The van der Waals surface area contributed by atoms with Gasteiger partial charge in [0.2, 0.25) is 0 Å². The van der Waals surface area contributed by atoms with Crippen molar-refractivity contribution >= 4 is 5.97 Å². The molecule has 0 radical (unpaired) electrons. The third-order valence-electron chi connectivity index (χ3n) is 2.17. The van der Waals surface area contributed by atoms with Crippen LogP contribution in [0.3, 0.4) is 0 Å². The van der Waals surface area contributed by atoms with Crippen molar-refractivity contribution in [3.8, 4) is 11.8 Å². The van der Waals surface area contributed by atoms with E-state index in [1.165, 1.54) is 0 Å². The predicted molar refractivity (Wildman–Crippen MR) is 68.3 cm³/mol. The lowest BCUT2D eigenvalue weighted by Crippen LogP contribution is -2.23. The first-order valence-electron chi connectivity index (χ1n) is 6.19. The lowest BCUT2D eigenvalue weighted by Gasteiger charge is -2.16. The molecule has 98 valence electrons. The first-order valence-corrected chi connectivity index (χ1v) is 6.19. The number of hydrogen-bond acceptors (Lipinski definition) is 3. The van der Waals surface area contributed by atoms with E-state index in [1.807, 2.05) is 27.7 Å². The molecule has 0 aromatic carbocycles.